The molecule has 2 aromatic heterocycles. The van der Waals surface area contributed by atoms with Gasteiger partial charge in [-0.2, -0.15) is 10.2 Å². The van der Waals surface area contributed by atoms with E-state index in [1.807, 2.05) is 60.7 Å². The van der Waals surface area contributed by atoms with E-state index in [1.54, 1.807) is 0 Å². The number of H-pyrrole nitrogens is 2. The molecule has 0 radical (unpaired) electrons. The second-order valence-corrected chi connectivity index (χ2v) is 5.43. The summed E-state index contributed by atoms with van der Waals surface area (Å²) in [7, 11) is 0. The molecule has 2 N–H and O–H groups in total. The third kappa shape index (κ3) is 5.39. The van der Waals surface area contributed by atoms with Crippen molar-refractivity contribution in [2.45, 2.75) is 10.3 Å². The molecule has 2 heterocycles. The number of rotatable bonds is 2. The van der Waals surface area contributed by atoms with Crippen molar-refractivity contribution in [3.63, 3.8) is 0 Å². The predicted octanol–water partition coefficient (Wildman–Crippen LogP) is 2.75. The first-order valence-corrected chi connectivity index (χ1v) is 7.83. The molecule has 25 heavy (non-hydrogen) atoms. The number of hydrogen-bond donors (Lipinski definition) is 2. The van der Waals surface area contributed by atoms with Crippen LogP contribution in [0.3, 0.4) is 0 Å². The van der Waals surface area contributed by atoms with Gasteiger partial charge in [0.15, 0.2) is 11.6 Å². The van der Waals surface area contributed by atoms with Gasteiger partial charge in [0.25, 0.3) is 0 Å². The molecule has 0 bridgehead atoms. The van der Waals surface area contributed by atoms with Crippen LogP contribution in [0.2, 0.25) is 0 Å². The number of nitrogens with zero attached hydrogens (tertiary/aromatic N) is 4. The Hall–Kier alpha value is -2.22. The van der Waals surface area contributed by atoms with Crippen LogP contribution in [0.4, 0.5) is 0 Å². The van der Waals surface area contributed by atoms with Gasteiger partial charge in [0.2, 0.25) is 0 Å². The van der Waals surface area contributed by atoms with E-state index in [1.165, 1.54) is 0 Å². The van der Waals surface area contributed by atoms with E-state index in [2.05, 4.69) is 30.4 Å². The Bertz CT molecular complexity index is 819. The average Bonchev–Trinajstić information content (AvgIpc) is 3.26. The van der Waals surface area contributed by atoms with Crippen molar-refractivity contribution in [1.82, 2.24) is 30.4 Å². The minimum Gasteiger partial charge on any atom is -0.741 e. The number of nitrogens with one attached hydrogen (secondary N) is 2. The predicted molar refractivity (Wildman–Crippen MR) is 94.9 cm³/mol. The Morgan fingerprint density at radius 3 is 1.24 bits per heavy atom. The maximum absolute atomic E-state index is 4.80. The summed E-state index contributed by atoms with van der Waals surface area (Å²) in [6.45, 7) is 0. The summed E-state index contributed by atoms with van der Waals surface area (Å²) in [5.41, 5.74) is 1.95. The first-order valence-electron chi connectivity index (χ1n) is 7.02. The van der Waals surface area contributed by atoms with Gasteiger partial charge in [-0.05, 0) is 0 Å². The van der Waals surface area contributed by atoms with Crippen LogP contribution in [0.15, 0.2) is 71.0 Å². The van der Waals surface area contributed by atoms with Gasteiger partial charge in [-0.25, -0.2) is 9.97 Å². The summed E-state index contributed by atoms with van der Waals surface area (Å²) < 4.78 is 0. The summed E-state index contributed by atoms with van der Waals surface area (Å²) in [6, 6.07) is 19.4. The normalized spacial score (nSPS) is 9.60. The second-order valence-electron chi connectivity index (χ2n) is 4.66. The van der Waals surface area contributed by atoms with E-state index in [-0.39, 0.29) is 19.5 Å². The van der Waals surface area contributed by atoms with Gasteiger partial charge in [0.1, 0.15) is 0 Å². The van der Waals surface area contributed by atoms with Gasteiger partial charge in [0, 0.05) is 21.4 Å². The van der Waals surface area contributed by atoms with E-state index in [4.69, 9.17) is 25.3 Å². The zero-order valence-corrected chi connectivity index (χ0v) is 17.7. The maximum Gasteiger partial charge on any atom is 2.00 e. The fourth-order valence-electron chi connectivity index (χ4n) is 1.93. The Kier molecular flexibility index (Phi) is 7.12. The van der Waals surface area contributed by atoms with E-state index in [0.717, 1.165) is 11.1 Å². The monoisotopic (exact) mass is 416 g/mol. The molecular weight excluding hydrogens is 406 g/mol. The van der Waals surface area contributed by atoms with Crippen LogP contribution < -0.4 is 0 Å². The second kappa shape index (κ2) is 9.31. The molecule has 0 atom stereocenters. The molecule has 0 spiro atoms. The summed E-state index contributed by atoms with van der Waals surface area (Å²) in [6.07, 6.45) is 0. The molecular formula is C16H12N6S2Zn. The van der Waals surface area contributed by atoms with Gasteiger partial charge in [0.05, 0.1) is 0 Å². The Morgan fingerprint density at radius 1 is 0.600 bits per heavy atom. The van der Waals surface area contributed by atoms with Crippen molar-refractivity contribution < 1.29 is 19.5 Å². The summed E-state index contributed by atoms with van der Waals surface area (Å²) in [5.74, 6) is 1.31. The third-order valence-electron chi connectivity index (χ3n) is 2.99. The van der Waals surface area contributed by atoms with Crippen LogP contribution in [-0.4, -0.2) is 30.4 Å². The van der Waals surface area contributed by atoms with Crippen molar-refractivity contribution in [2.75, 3.05) is 0 Å². The first kappa shape index (κ1) is 19.1. The fourth-order valence-corrected chi connectivity index (χ4v) is 2.19. The van der Waals surface area contributed by atoms with E-state index in [0.29, 0.717) is 22.0 Å². The molecule has 0 aliphatic heterocycles. The zero-order chi connectivity index (χ0) is 16.8. The standard InChI is InChI=1S/2C8H7N3S.Zn/c2*12-8-9-7(10-11-8)6-4-2-1-3-5-6;/h2*1-5H,(H2,9,10,11,12);/q;;+2/p-2. The molecule has 2 aromatic carbocycles. The van der Waals surface area contributed by atoms with Crippen molar-refractivity contribution in [1.29, 1.82) is 0 Å². The van der Waals surface area contributed by atoms with Crippen molar-refractivity contribution in [2.24, 2.45) is 0 Å². The topological polar surface area (TPSA) is 83.1 Å². The number of aromatic amines is 2. The van der Waals surface area contributed by atoms with Crippen molar-refractivity contribution in [3.8, 4) is 22.8 Å². The van der Waals surface area contributed by atoms with Gasteiger partial charge >= 0.3 is 19.5 Å². The SMILES string of the molecule is [S-]c1nc(-c2ccccc2)n[nH]1.[S-]c1nc(-c2ccccc2)n[nH]1.[Zn+2]. The number of hydrogen-bond acceptors (Lipinski definition) is 6. The molecule has 0 aliphatic rings. The van der Waals surface area contributed by atoms with Crippen LogP contribution >= 0.6 is 0 Å². The van der Waals surface area contributed by atoms with Crippen LogP contribution in [-0.2, 0) is 44.7 Å². The van der Waals surface area contributed by atoms with Crippen molar-refractivity contribution >= 4 is 25.3 Å². The quantitative estimate of drug-likeness (QED) is 0.385. The van der Waals surface area contributed by atoms with Gasteiger partial charge in [-0.15, -0.1) is 0 Å². The molecule has 0 unspecified atom stereocenters. The largest absolute Gasteiger partial charge is 2.00 e. The first-order chi connectivity index (χ1) is 11.7. The zero-order valence-electron chi connectivity index (χ0n) is 13.1. The van der Waals surface area contributed by atoms with Crippen LogP contribution in [0.1, 0.15) is 0 Å². The Balaban J connectivity index is 0.000000173. The summed E-state index contributed by atoms with van der Waals surface area (Å²) in [4.78, 5) is 8.06. The molecule has 0 amide bonds. The maximum atomic E-state index is 4.80. The van der Waals surface area contributed by atoms with Crippen molar-refractivity contribution in [3.05, 3.63) is 60.7 Å². The van der Waals surface area contributed by atoms with Crippen LogP contribution in [0.5, 0.6) is 0 Å². The molecule has 120 valence electrons. The fraction of sp³-hybridized carbons (Fsp3) is 0. The summed E-state index contributed by atoms with van der Waals surface area (Å²) in [5, 5.41) is 14.0. The Labute approximate surface area is 168 Å². The third-order valence-corrected chi connectivity index (χ3v) is 3.36. The van der Waals surface area contributed by atoms with Gasteiger partial charge in [-0.1, -0.05) is 60.7 Å². The molecule has 4 aromatic rings. The molecule has 0 saturated heterocycles. The smallest absolute Gasteiger partial charge is 0.741 e. The van der Waals surface area contributed by atoms with Gasteiger partial charge in [-0.3, -0.25) is 10.2 Å². The van der Waals surface area contributed by atoms with E-state index >= 15 is 0 Å². The minimum atomic E-state index is 0. The Morgan fingerprint density at radius 2 is 0.960 bits per heavy atom. The average molecular weight is 418 g/mol. The molecule has 6 nitrogen and oxygen atoms in total. The van der Waals surface area contributed by atoms with E-state index in [9.17, 15) is 0 Å². The minimum absolute atomic E-state index is 0. The molecule has 0 saturated carbocycles. The molecule has 9 heteroatoms. The van der Waals surface area contributed by atoms with Gasteiger partial charge < -0.3 is 25.3 Å². The molecule has 4 rings (SSSR count). The summed E-state index contributed by atoms with van der Waals surface area (Å²) >= 11 is 9.61. The molecule has 0 aliphatic carbocycles. The number of benzene rings is 2. The van der Waals surface area contributed by atoms with E-state index < -0.39 is 0 Å². The number of aromatic nitrogens is 6. The van der Waals surface area contributed by atoms with Crippen LogP contribution in [0.25, 0.3) is 22.8 Å². The molecule has 0 fully saturated rings. The van der Waals surface area contributed by atoms with Crippen LogP contribution in [0, 0.1) is 0 Å².